The Morgan fingerprint density at radius 3 is 3.00 bits per heavy atom. The van der Waals surface area contributed by atoms with Crippen molar-refractivity contribution >= 4 is 5.97 Å². The van der Waals surface area contributed by atoms with Gasteiger partial charge in [-0.1, -0.05) is 12.5 Å². The standard InChI is InChI=1S/C12H15NO2/c14-12(15)11-6-3-4-9(11)8-10-5-1-2-7-13-10/h1-2,5,7,9,11H,3-4,6,8H2,(H,14,15). The molecule has 1 aromatic rings. The lowest BCUT2D eigenvalue weighted by molar-refractivity contribution is -0.142. The van der Waals surface area contributed by atoms with Gasteiger partial charge < -0.3 is 5.11 Å². The van der Waals surface area contributed by atoms with E-state index < -0.39 is 5.97 Å². The zero-order valence-electron chi connectivity index (χ0n) is 8.60. The summed E-state index contributed by atoms with van der Waals surface area (Å²) in [5, 5.41) is 9.04. The third-order valence-corrected chi connectivity index (χ3v) is 3.17. The zero-order chi connectivity index (χ0) is 10.7. The molecule has 1 aliphatic carbocycles. The lowest BCUT2D eigenvalue weighted by atomic mass is 9.91. The average Bonchev–Trinajstić information content (AvgIpc) is 2.67. The molecule has 2 unspecified atom stereocenters. The van der Waals surface area contributed by atoms with Gasteiger partial charge in [-0.25, -0.2) is 0 Å². The average molecular weight is 205 g/mol. The van der Waals surface area contributed by atoms with E-state index in [1.807, 2.05) is 18.2 Å². The van der Waals surface area contributed by atoms with Crippen LogP contribution in [0.3, 0.4) is 0 Å². The molecule has 0 aliphatic heterocycles. The highest BCUT2D eigenvalue weighted by atomic mass is 16.4. The Morgan fingerprint density at radius 1 is 1.47 bits per heavy atom. The summed E-state index contributed by atoms with van der Waals surface area (Å²) in [5.41, 5.74) is 1.01. The van der Waals surface area contributed by atoms with Gasteiger partial charge in [-0.15, -0.1) is 0 Å². The van der Waals surface area contributed by atoms with Crippen LogP contribution in [0.5, 0.6) is 0 Å². The Kier molecular flexibility index (Phi) is 2.99. The third-order valence-electron chi connectivity index (χ3n) is 3.17. The summed E-state index contributed by atoms with van der Waals surface area (Å²) in [6.45, 7) is 0. The van der Waals surface area contributed by atoms with Crippen molar-refractivity contribution in [1.82, 2.24) is 4.98 Å². The number of nitrogens with zero attached hydrogens (tertiary/aromatic N) is 1. The molecule has 1 aromatic heterocycles. The normalized spacial score (nSPS) is 25.3. The van der Waals surface area contributed by atoms with Crippen molar-refractivity contribution in [2.45, 2.75) is 25.7 Å². The second-order valence-corrected chi connectivity index (χ2v) is 4.16. The number of carbonyl (C=O) groups is 1. The number of rotatable bonds is 3. The quantitative estimate of drug-likeness (QED) is 0.822. The number of carboxylic acids is 1. The van der Waals surface area contributed by atoms with Crippen molar-refractivity contribution in [3.63, 3.8) is 0 Å². The number of aromatic nitrogens is 1. The van der Waals surface area contributed by atoms with Crippen molar-refractivity contribution < 1.29 is 9.90 Å². The van der Waals surface area contributed by atoms with Gasteiger partial charge in [0.25, 0.3) is 0 Å². The van der Waals surface area contributed by atoms with Gasteiger partial charge in [0.2, 0.25) is 0 Å². The van der Waals surface area contributed by atoms with Crippen molar-refractivity contribution in [3.8, 4) is 0 Å². The second kappa shape index (κ2) is 4.43. The van der Waals surface area contributed by atoms with Gasteiger partial charge >= 0.3 is 5.97 Å². The van der Waals surface area contributed by atoms with E-state index in [0.29, 0.717) is 0 Å². The van der Waals surface area contributed by atoms with Crippen molar-refractivity contribution in [2.75, 3.05) is 0 Å². The molecule has 0 bridgehead atoms. The second-order valence-electron chi connectivity index (χ2n) is 4.16. The van der Waals surface area contributed by atoms with E-state index >= 15 is 0 Å². The number of carboxylic acid groups (broad SMARTS) is 1. The molecule has 15 heavy (non-hydrogen) atoms. The Balaban J connectivity index is 2.03. The summed E-state index contributed by atoms with van der Waals surface area (Å²) < 4.78 is 0. The number of aliphatic carboxylic acids is 1. The SMILES string of the molecule is O=C(O)C1CCCC1Cc1ccccn1. The van der Waals surface area contributed by atoms with Gasteiger partial charge in [-0.2, -0.15) is 0 Å². The number of hydrogen-bond donors (Lipinski definition) is 1. The van der Waals surface area contributed by atoms with Crippen LogP contribution in [0.25, 0.3) is 0 Å². The summed E-state index contributed by atoms with van der Waals surface area (Å²) in [7, 11) is 0. The van der Waals surface area contributed by atoms with Crippen LogP contribution < -0.4 is 0 Å². The fraction of sp³-hybridized carbons (Fsp3) is 0.500. The molecule has 1 fully saturated rings. The van der Waals surface area contributed by atoms with Crippen molar-refractivity contribution in [3.05, 3.63) is 30.1 Å². The summed E-state index contributed by atoms with van der Waals surface area (Å²) in [6.07, 6.45) is 5.45. The lowest BCUT2D eigenvalue weighted by Gasteiger charge is -2.14. The molecule has 1 aliphatic rings. The smallest absolute Gasteiger partial charge is 0.306 e. The van der Waals surface area contributed by atoms with Gasteiger partial charge in [0, 0.05) is 11.9 Å². The van der Waals surface area contributed by atoms with Gasteiger partial charge in [-0.3, -0.25) is 9.78 Å². The van der Waals surface area contributed by atoms with Crippen LogP contribution in [-0.2, 0) is 11.2 Å². The summed E-state index contributed by atoms with van der Waals surface area (Å²) in [5.74, 6) is -0.530. The van der Waals surface area contributed by atoms with E-state index in [4.69, 9.17) is 5.11 Å². The highest BCUT2D eigenvalue weighted by molar-refractivity contribution is 5.70. The monoisotopic (exact) mass is 205 g/mol. The molecule has 3 heteroatoms. The van der Waals surface area contributed by atoms with Crippen LogP contribution in [0.15, 0.2) is 24.4 Å². The predicted octanol–water partition coefficient (Wildman–Crippen LogP) is 2.12. The van der Waals surface area contributed by atoms with Gasteiger partial charge in [0.05, 0.1) is 5.92 Å². The largest absolute Gasteiger partial charge is 0.481 e. The summed E-state index contributed by atoms with van der Waals surface area (Å²) >= 11 is 0. The Morgan fingerprint density at radius 2 is 2.33 bits per heavy atom. The maximum atomic E-state index is 11.0. The van der Waals surface area contributed by atoms with Crippen LogP contribution in [0.4, 0.5) is 0 Å². The van der Waals surface area contributed by atoms with Gasteiger partial charge in [0.15, 0.2) is 0 Å². The predicted molar refractivity (Wildman–Crippen MR) is 56.4 cm³/mol. The van der Waals surface area contributed by atoms with E-state index in [2.05, 4.69) is 4.98 Å². The Bertz CT molecular complexity index is 337. The third kappa shape index (κ3) is 2.35. The molecular formula is C12H15NO2. The molecular weight excluding hydrogens is 190 g/mol. The van der Waals surface area contributed by atoms with Crippen LogP contribution in [0.1, 0.15) is 25.0 Å². The summed E-state index contributed by atoms with van der Waals surface area (Å²) in [4.78, 5) is 15.2. The maximum Gasteiger partial charge on any atom is 0.306 e. The van der Waals surface area contributed by atoms with E-state index in [1.165, 1.54) is 0 Å². The van der Waals surface area contributed by atoms with Crippen LogP contribution in [-0.4, -0.2) is 16.1 Å². The van der Waals surface area contributed by atoms with Gasteiger partial charge in [-0.05, 0) is 37.3 Å². The molecule has 0 amide bonds. The molecule has 0 saturated heterocycles. The Labute approximate surface area is 89.2 Å². The highest BCUT2D eigenvalue weighted by Gasteiger charge is 2.32. The molecule has 3 nitrogen and oxygen atoms in total. The van der Waals surface area contributed by atoms with Crippen LogP contribution in [0, 0.1) is 11.8 Å². The zero-order valence-corrected chi connectivity index (χ0v) is 8.60. The number of pyridine rings is 1. The van der Waals surface area contributed by atoms with Crippen LogP contribution in [0.2, 0.25) is 0 Å². The lowest BCUT2D eigenvalue weighted by Crippen LogP contribution is -2.20. The first kappa shape index (κ1) is 10.1. The van der Waals surface area contributed by atoms with Crippen molar-refractivity contribution in [2.24, 2.45) is 11.8 Å². The fourth-order valence-electron chi connectivity index (χ4n) is 2.39. The van der Waals surface area contributed by atoms with E-state index in [0.717, 1.165) is 31.4 Å². The highest BCUT2D eigenvalue weighted by Crippen LogP contribution is 2.33. The molecule has 1 N–H and O–H groups in total. The first-order valence-corrected chi connectivity index (χ1v) is 5.40. The summed E-state index contributed by atoms with van der Waals surface area (Å²) in [6, 6.07) is 5.80. The molecule has 1 saturated carbocycles. The van der Waals surface area contributed by atoms with Crippen molar-refractivity contribution in [1.29, 1.82) is 0 Å². The molecule has 0 spiro atoms. The number of hydrogen-bond acceptors (Lipinski definition) is 2. The van der Waals surface area contributed by atoms with E-state index in [1.54, 1.807) is 6.20 Å². The fourth-order valence-corrected chi connectivity index (χ4v) is 2.39. The molecule has 2 atom stereocenters. The first-order chi connectivity index (χ1) is 7.27. The minimum Gasteiger partial charge on any atom is -0.481 e. The maximum absolute atomic E-state index is 11.0. The Hall–Kier alpha value is -1.38. The minimum absolute atomic E-state index is 0.160. The molecule has 80 valence electrons. The van der Waals surface area contributed by atoms with E-state index in [-0.39, 0.29) is 11.8 Å². The molecule has 0 aromatic carbocycles. The van der Waals surface area contributed by atoms with E-state index in [9.17, 15) is 4.79 Å². The minimum atomic E-state index is -0.645. The molecule has 0 radical (unpaired) electrons. The first-order valence-electron chi connectivity index (χ1n) is 5.40. The van der Waals surface area contributed by atoms with Gasteiger partial charge in [0.1, 0.15) is 0 Å². The van der Waals surface area contributed by atoms with Crippen LogP contribution >= 0.6 is 0 Å². The molecule has 2 rings (SSSR count). The molecule has 1 heterocycles. The topological polar surface area (TPSA) is 50.2 Å².